The highest BCUT2D eigenvalue weighted by Gasteiger charge is 2.32. The number of aliphatic hydroxyl groups excluding tert-OH is 1. The summed E-state index contributed by atoms with van der Waals surface area (Å²) in [6.07, 6.45) is -2.92. The first-order chi connectivity index (χ1) is 9.49. The van der Waals surface area contributed by atoms with Crippen LogP contribution in [0.2, 0.25) is 0 Å². The predicted octanol–water partition coefficient (Wildman–Crippen LogP) is 3.43. The Kier molecular flexibility index (Phi) is 4.24. The predicted molar refractivity (Wildman–Crippen MR) is 66.5 cm³/mol. The number of pyridine rings is 1. The second-order valence-electron chi connectivity index (χ2n) is 4.09. The molecule has 1 aromatic heterocycles. The molecule has 0 atom stereocenters. The van der Waals surface area contributed by atoms with E-state index in [1.165, 1.54) is 6.07 Å². The molecule has 1 aromatic carbocycles. The van der Waals surface area contributed by atoms with E-state index in [1.54, 1.807) is 24.3 Å². The fourth-order valence-corrected chi connectivity index (χ4v) is 1.62. The Morgan fingerprint density at radius 1 is 1.05 bits per heavy atom. The number of nitrogens with zero attached hydrogens (tertiary/aromatic N) is 1. The molecule has 0 spiro atoms. The number of benzene rings is 1. The van der Waals surface area contributed by atoms with Crippen LogP contribution < -0.4 is 4.74 Å². The van der Waals surface area contributed by atoms with Gasteiger partial charge in [0.2, 0.25) is 0 Å². The Bertz CT molecular complexity index is 567. The molecule has 0 fully saturated rings. The van der Waals surface area contributed by atoms with E-state index < -0.39 is 11.9 Å². The number of halogens is 3. The maximum atomic E-state index is 12.5. The van der Waals surface area contributed by atoms with Gasteiger partial charge in [0.1, 0.15) is 17.2 Å². The molecule has 20 heavy (non-hydrogen) atoms. The molecule has 0 unspecified atom stereocenters. The second kappa shape index (κ2) is 5.92. The van der Waals surface area contributed by atoms with Crippen LogP contribution in [0.5, 0.6) is 11.5 Å². The third kappa shape index (κ3) is 3.71. The molecular formula is C14H12F3NO2. The van der Waals surface area contributed by atoms with E-state index in [4.69, 9.17) is 9.84 Å². The zero-order valence-corrected chi connectivity index (χ0v) is 10.4. The van der Waals surface area contributed by atoms with Crippen LogP contribution in [0.25, 0.3) is 0 Å². The largest absolute Gasteiger partial charge is 0.457 e. The van der Waals surface area contributed by atoms with E-state index >= 15 is 0 Å². The molecule has 0 amide bonds. The molecule has 6 heteroatoms. The maximum Gasteiger partial charge on any atom is 0.433 e. The Morgan fingerprint density at radius 2 is 1.75 bits per heavy atom. The topological polar surface area (TPSA) is 42.4 Å². The van der Waals surface area contributed by atoms with Gasteiger partial charge in [-0.05, 0) is 30.2 Å². The molecule has 1 heterocycles. The van der Waals surface area contributed by atoms with Gasteiger partial charge in [0.25, 0.3) is 0 Å². The maximum absolute atomic E-state index is 12.5. The highest BCUT2D eigenvalue weighted by Crippen LogP contribution is 2.31. The van der Waals surface area contributed by atoms with Crippen LogP contribution in [-0.4, -0.2) is 16.7 Å². The minimum Gasteiger partial charge on any atom is -0.457 e. The standard InChI is InChI=1S/C14H12F3NO2/c15-14(16,17)13-9-12(5-7-18-13)20-11-3-1-10(2-4-11)6-8-19/h1-5,7,9,19H,6,8H2. The summed E-state index contributed by atoms with van der Waals surface area (Å²) in [4.78, 5) is 3.26. The Morgan fingerprint density at radius 3 is 2.35 bits per heavy atom. The zero-order valence-electron chi connectivity index (χ0n) is 10.4. The SMILES string of the molecule is OCCc1ccc(Oc2ccnc(C(F)(F)F)c2)cc1. The molecule has 0 aliphatic rings. The fraction of sp³-hybridized carbons (Fsp3) is 0.214. The van der Waals surface area contributed by atoms with Gasteiger partial charge in [-0.15, -0.1) is 0 Å². The lowest BCUT2D eigenvalue weighted by Gasteiger charge is -2.09. The summed E-state index contributed by atoms with van der Waals surface area (Å²) in [5.41, 5.74) is -0.0718. The number of hydrogen-bond acceptors (Lipinski definition) is 3. The van der Waals surface area contributed by atoms with Crippen molar-refractivity contribution in [1.29, 1.82) is 0 Å². The Hall–Kier alpha value is -2.08. The lowest BCUT2D eigenvalue weighted by molar-refractivity contribution is -0.141. The van der Waals surface area contributed by atoms with Crippen LogP contribution in [0.1, 0.15) is 11.3 Å². The molecule has 1 N–H and O–H groups in total. The second-order valence-corrected chi connectivity index (χ2v) is 4.09. The lowest BCUT2D eigenvalue weighted by atomic mass is 10.1. The Labute approximate surface area is 113 Å². The number of hydrogen-bond donors (Lipinski definition) is 1. The van der Waals surface area contributed by atoms with Crippen molar-refractivity contribution in [2.45, 2.75) is 12.6 Å². The van der Waals surface area contributed by atoms with Gasteiger partial charge in [-0.3, -0.25) is 4.98 Å². The average molecular weight is 283 g/mol. The summed E-state index contributed by atoms with van der Waals surface area (Å²) in [6, 6.07) is 8.98. The number of alkyl halides is 3. The van der Waals surface area contributed by atoms with Gasteiger partial charge in [0.15, 0.2) is 0 Å². The highest BCUT2D eigenvalue weighted by atomic mass is 19.4. The third-order valence-electron chi connectivity index (χ3n) is 2.58. The van der Waals surface area contributed by atoms with Gasteiger partial charge < -0.3 is 9.84 Å². The van der Waals surface area contributed by atoms with Crippen molar-refractivity contribution in [3.8, 4) is 11.5 Å². The number of ether oxygens (including phenoxy) is 1. The molecule has 3 nitrogen and oxygen atoms in total. The number of aliphatic hydroxyl groups is 1. The van der Waals surface area contributed by atoms with Gasteiger partial charge in [0.05, 0.1) is 0 Å². The highest BCUT2D eigenvalue weighted by molar-refractivity contribution is 5.33. The third-order valence-corrected chi connectivity index (χ3v) is 2.58. The summed E-state index contributed by atoms with van der Waals surface area (Å²) in [5, 5.41) is 8.79. The smallest absolute Gasteiger partial charge is 0.433 e. The van der Waals surface area contributed by atoms with Crippen LogP contribution in [-0.2, 0) is 12.6 Å². The molecule has 0 saturated carbocycles. The fourth-order valence-electron chi connectivity index (χ4n) is 1.62. The van der Waals surface area contributed by atoms with Gasteiger partial charge in [0, 0.05) is 18.9 Å². The van der Waals surface area contributed by atoms with Crippen molar-refractivity contribution >= 4 is 0 Å². The molecule has 2 rings (SSSR count). The molecule has 0 saturated heterocycles. The van der Waals surface area contributed by atoms with Crippen LogP contribution in [0.4, 0.5) is 13.2 Å². The normalized spacial score (nSPS) is 11.4. The monoisotopic (exact) mass is 283 g/mol. The summed E-state index contributed by atoms with van der Waals surface area (Å²) in [6.45, 7) is 0.0412. The summed E-state index contributed by atoms with van der Waals surface area (Å²) >= 11 is 0. The van der Waals surface area contributed by atoms with Crippen molar-refractivity contribution in [3.05, 3.63) is 53.9 Å². The van der Waals surface area contributed by atoms with Gasteiger partial charge >= 0.3 is 6.18 Å². The molecule has 0 aliphatic carbocycles. The molecule has 0 radical (unpaired) electrons. The molecule has 2 aromatic rings. The number of aromatic nitrogens is 1. The lowest BCUT2D eigenvalue weighted by Crippen LogP contribution is -2.07. The van der Waals surface area contributed by atoms with Crippen molar-refractivity contribution in [3.63, 3.8) is 0 Å². The minimum atomic E-state index is -4.50. The van der Waals surface area contributed by atoms with Gasteiger partial charge in [-0.2, -0.15) is 13.2 Å². The van der Waals surface area contributed by atoms with Crippen molar-refractivity contribution in [2.75, 3.05) is 6.61 Å². The van der Waals surface area contributed by atoms with Crippen LogP contribution >= 0.6 is 0 Å². The van der Waals surface area contributed by atoms with Crippen molar-refractivity contribution < 1.29 is 23.0 Å². The van der Waals surface area contributed by atoms with Gasteiger partial charge in [-0.25, -0.2) is 0 Å². The molecular weight excluding hydrogens is 271 g/mol. The van der Waals surface area contributed by atoms with Crippen LogP contribution in [0, 0.1) is 0 Å². The minimum absolute atomic E-state index is 0.0412. The molecule has 0 aliphatic heterocycles. The van der Waals surface area contributed by atoms with Crippen molar-refractivity contribution in [1.82, 2.24) is 4.98 Å². The average Bonchev–Trinajstić information content (AvgIpc) is 2.41. The molecule has 106 valence electrons. The van der Waals surface area contributed by atoms with Gasteiger partial charge in [-0.1, -0.05) is 12.1 Å². The summed E-state index contributed by atoms with van der Waals surface area (Å²) in [7, 11) is 0. The summed E-state index contributed by atoms with van der Waals surface area (Å²) < 4.78 is 42.9. The van der Waals surface area contributed by atoms with E-state index in [9.17, 15) is 13.2 Å². The molecule has 0 bridgehead atoms. The first kappa shape index (κ1) is 14.3. The van der Waals surface area contributed by atoms with E-state index in [1.807, 2.05) is 0 Å². The zero-order chi connectivity index (χ0) is 14.6. The van der Waals surface area contributed by atoms with Crippen LogP contribution in [0.15, 0.2) is 42.6 Å². The van der Waals surface area contributed by atoms with E-state index in [-0.39, 0.29) is 12.4 Å². The van der Waals surface area contributed by atoms with Crippen LogP contribution in [0.3, 0.4) is 0 Å². The van der Waals surface area contributed by atoms with E-state index in [0.29, 0.717) is 12.2 Å². The first-order valence-corrected chi connectivity index (χ1v) is 5.90. The quantitative estimate of drug-likeness (QED) is 0.934. The van der Waals surface area contributed by atoms with E-state index in [2.05, 4.69) is 4.98 Å². The first-order valence-electron chi connectivity index (χ1n) is 5.90. The number of rotatable bonds is 4. The summed E-state index contributed by atoms with van der Waals surface area (Å²) in [5.74, 6) is 0.494. The van der Waals surface area contributed by atoms with Crippen molar-refractivity contribution in [2.24, 2.45) is 0 Å². The Balaban J connectivity index is 2.13. The van der Waals surface area contributed by atoms with E-state index in [0.717, 1.165) is 17.8 Å².